The maximum Gasteiger partial charge on any atom is 0.311 e. The number of carbonyl (C=O) groups is 1. The molecule has 0 saturated carbocycles. The third kappa shape index (κ3) is 4.53. The van der Waals surface area contributed by atoms with Gasteiger partial charge in [-0.3, -0.25) is 4.79 Å². The second kappa shape index (κ2) is 9.24. The van der Waals surface area contributed by atoms with Crippen LogP contribution in [0.3, 0.4) is 0 Å². The van der Waals surface area contributed by atoms with Gasteiger partial charge in [0.2, 0.25) is 5.89 Å². The number of anilines is 1. The number of thiophene rings is 1. The summed E-state index contributed by atoms with van der Waals surface area (Å²) >= 11 is 1.12. The lowest BCUT2D eigenvalue weighted by Crippen LogP contribution is -2.48. The maximum atomic E-state index is 13.2. The predicted molar refractivity (Wildman–Crippen MR) is 125 cm³/mol. The monoisotopic (exact) mass is 487 g/mol. The lowest BCUT2D eigenvalue weighted by atomic mass is 10.1. The average Bonchev–Trinajstić information content (AvgIpc) is 3.55. The van der Waals surface area contributed by atoms with Crippen molar-refractivity contribution in [1.29, 1.82) is 0 Å². The van der Waals surface area contributed by atoms with Crippen molar-refractivity contribution in [3.63, 3.8) is 0 Å². The molecule has 3 aromatic rings. The van der Waals surface area contributed by atoms with Gasteiger partial charge < -0.3 is 14.2 Å². The van der Waals surface area contributed by atoms with Gasteiger partial charge in [0.15, 0.2) is 0 Å². The SMILES string of the molecule is O=C(c1nnc(-c2csc(S(=O)(=O)N3CCN(c4ccccc4)CC3)c2)o1)N1CCCCC1. The number of nitrogens with zero attached hydrogens (tertiary/aromatic N) is 5. The van der Waals surface area contributed by atoms with Gasteiger partial charge in [-0.2, -0.15) is 4.31 Å². The second-order valence-corrected chi connectivity index (χ2v) is 11.2. The van der Waals surface area contributed by atoms with Gasteiger partial charge in [-0.1, -0.05) is 18.2 Å². The summed E-state index contributed by atoms with van der Waals surface area (Å²) in [5, 5.41) is 9.56. The van der Waals surface area contributed by atoms with Crippen molar-refractivity contribution in [2.75, 3.05) is 44.2 Å². The van der Waals surface area contributed by atoms with E-state index < -0.39 is 10.0 Å². The first-order valence-electron chi connectivity index (χ1n) is 11.0. The topological polar surface area (TPSA) is 99.8 Å². The van der Waals surface area contributed by atoms with Gasteiger partial charge in [0.05, 0.1) is 5.56 Å². The zero-order valence-corrected chi connectivity index (χ0v) is 19.7. The Balaban J connectivity index is 1.26. The fourth-order valence-electron chi connectivity index (χ4n) is 4.18. The van der Waals surface area contributed by atoms with Crippen LogP contribution in [-0.2, 0) is 10.0 Å². The normalized spacial score (nSPS) is 17.9. The minimum atomic E-state index is -3.62. The Morgan fingerprint density at radius 1 is 0.939 bits per heavy atom. The van der Waals surface area contributed by atoms with Crippen LogP contribution in [0.25, 0.3) is 11.5 Å². The van der Waals surface area contributed by atoms with Crippen LogP contribution in [0.2, 0.25) is 0 Å². The van der Waals surface area contributed by atoms with Gasteiger partial charge >= 0.3 is 11.8 Å². The molecule has 0 spiro atoms. The van der Waals surface area contributed by atoms with Gasteiger partial charge in [0, 0.05) is 50.3 Å². The number of hydrogen-bond donors (Lipinski definition) is 0. The molecule has 0 atom stereocenters. The van der Waals surface area contributed by atoms with Gasteiger partial charge in [0.25, 0.3) is 10.0 Å². The molecule has 1 amide bonds. The van der Waals surface area contributed by atoms with E-state index in [0.717, 1.165) is 36.3 Å². The number of sulfonamides is 1. The summed E-state index contributed by atoms with van der Waals surface area (Å²) in [6.45, 7) is 3.48. The van der Waals surface area contributed by atoms with Crippen LogP contribution in [0.5, 0.6) is 0 Å². The summed E-state index contributed by atoms with van der Waals surface area (Å²) in [6.07, 6.45) is 3.06. The van der Waals surface area contributed by atoms with E-state index in [4.69, 9.17) is 4.42 Å². The van der Waals surface area contributed by atoms with Crippen LogP contribution >= 0.6 is 11.3 Å². The molecular formula is C22H25N5O4S2. The second-order valence-electron chi connectivity index (χ2n) is 8.15. The van der Waals surface area contributed by atoms with E-state index in [-0.39, 0.29) is 21.9 Å². The van der Waals surface area contributed by atoms with Gasteiger partial charge in [-0.15, -0.1) is 21.5 Å². The zero-order valence-electron chi connectivity index (χ0n) is 18.1. The molecule has 2 fully saturated rings. The van der Waals surface area contributed by atoms with Crippen molar-refractivity contribution >= 4 is 33.0 Å². The first kappa shape index (κ1) is 22.1. The molecule has 2 aliphatic heterocycles. The predicted octanol–water partition coefficient (Wildman–Crippen LogP) is 2.94. The average molecular weight is 488 g/mol. The van der Waals surface area contributed by atoms with E-state index in [1.165, 1.54) is 4.31 Å². The largest absolute Gasteiger partial charge is 0.412 e. The lowest BCUT2D eigenvalue weighted by Gasteiger charge is -2.35. The van der Waals surface area contributed by atoms with Gasteiger partial charge in [0.1, 0.15) is 4.21 Å². The number of amides is 1. The van der Waals surface area contributed by atoms with Crippen LogP contribution in [-0.4, -0.2) is 73.0 Å². The Morgan fingerprint density at radius 3 is 2.39 bits per heavy atom. The molecule has 0 aliphatic carbocycles. The number of likely N-dealkylation sites (tertiary alicyclic amines) is 1. The van der Waals surface area contributed by atoms with E-state index >= 15 is 0 Å². The highest BCUT2D eigenvalue weighted by Gasteiger charge is 2.31. The Labute approximate surface area is 196 Å². The fourth-order valence-corrected chi connectivity index (χ4v) is 6.90. The van der Waals surface area contributed by atoms with E-state index in [1.807, 2.05) is 30.3 Å². The molecule has 174 valence electrons. The molecule has 33 heavy (non-hydrogen) atoms. The lowest BCUT2D eigenvalue weighted by molar-refractivity contribution is 0.0684. The number of aromatic nitrogens is 2. The Bertz CT molecular complexity index is 1210. The molecule has 5 rings (SSSR count). The van der Waals surface area contributed by atoms with Crippen LogP contribution < -0.4 is 4.90 Å². The Morgan fingerprint density at radius 2 is 1.67 bits per heavy atom. The van der Waals surface area contributed by atoms with Crippen molar-refractivity contribution in [2.24, 2.45) is 0 Å². The maximum absolute atomic E-state index is 13.2. The number of piperidine rings is 1. The highest BCUT2D eigenvalue weighted by atomic mass is 32.2. The van der Waals surface area contributed by atoms with Crippen molar-refractivity contribution in [3.05, 3.63) is 47.7 Å². The molecule has 0 N–H and O–H groups in total. The zero-order chi connectivity index (χ0) is 22.8. The van der Waals surface area contributed by atoms with E-state index in [0.29, 0.717) is 44.8 Å². The molecule has 0 unspecified atom stereocenters. The smallest absolute Gasteiger partial charge is 0.311 e. The quantitative estimate of drug-likeness (QED) is 0.545. The van der Waals surface area contributed by atoms with E-state index in [9.17, 15) is 13.2 Å². The summed E-state index contributed by atoms with van der Waals surface area (Å²) in [4.78, 5) is 16.5. The van der Waals surface area contributed by atoms with Gasteiger partial charge in [-0.05, 0) is 37.5 Å². The van der Waals surface area contributed by atoms with Crippen LogP contribution in [0, 0.1) is 0 Å². The molecule has 2 saturated heterocycles. The molecule has 2 aromatic heterocycles. The third-order valence-corrected chi connectivity index (χ3v) is 9.34. The summed E-state index contributed by atoms with van der Waals surface area (Å²) in [5.74, 6) is -0.172. The molecular weight excluding hydrogens is 462 g/mol. The molecule has 0 bridgehead atoms. The van der Waals surface area contributed by atoms with Crippen molar-refractivity contribution in [2.45, 2.75) is 23.5 Å². The first-order valence-corrected chi connectivity index (χ1v) is 13.4. The number of piperazine rings is 1. The van der Waals surface area contributed by atoms with Crippen molar-refractivity contribution in [1.82, 2.24) is 19.4 Å². The number of carbonyl (C=O) groups excluding carboxylic acids is 1. The standard InChI is InChI=1S/C22H25N5O4S2/c28-22(26-9-5-2-6-10-26)21-24-23-20(31-21)17-15-19(32-16-17)33(29,30)27-13-11-25(12-14-27)18-7-3-1-4-8-18/h1,3-4,7-8,15-16H,2,5-6,9-14H2. The number of para-hydroxylation sites is 1. The van der Waals surface area contributed by atoms with Crippen LogP contribution in [0.15, 0.2) is 50.4 Å². The van der Waals surface area contributed by atoms with Crippen molar-refractivity contribution < 1.29 is 17.6 Å². The Hall–Kier alpha value is -2.76. The molecule has 11 heteroatoms. The van der Waals surface area contributed by atoms with Crippen molar-refractivity contribution in [3.8, 4) is 11.5 Å². The Kier molecular flexibility index (Phi) is 6.17. The fraction of sp³-hybridized carbons (Fsp3) is 0.409. The number of rotatable bonds is 5. The summed E-state index contributed by atoms with van der Waals surface area (Å²) in [6, 6.07) is 11.5. The summed E-state index contributed by atoms with van der Waals surface area (Å²) in [5.41, 5.74) is 1.60. The molecule has 9 nitrogen and oxygen atoms in total. The number of benzene rings is 1. The van der Waals surface area contributed by atoms with Crippen LogP contribution in [0.1, 0.15) is 29.9 Å². The minimum Gasteiger partial charge on any atom is -0.412 e. The molecule has 4 heterocycles. The summed E-state index contributed by atoms with van der Waals surface area (Å²) in [7, 11) is -3.62. The molecule has 1 aromatic carbocycles. The van der Waals surface area contributed by atoms with E-state index in [2.05, 4.69) is 15.1 Å². The molecule has 0 radical (unpaired) electrons. The highest BCUT2D eigenvalue weighted by Crippen LogP contribution is 2.31. The van der Waals surface area contributed by atoms with E-state index in [1.54, 1.807) is 16.3 Å². The highest BCUT2D eigenvalue weighted by molar-refractivity contribution is 7.91. The van der Waals surface area contributed by atoms with Crippen LogP contribution in [0.4, 0.5) is 5.69 Å². The third-order valence-electron chi connectivity index (χ3n) is 6.03. The minimum absolute atomic E-state index is 0.0560. The first-order chi connectivity index (χ1) is 16.0. The number of hydrogen-bond acceptors (Lipinski definition) is 8. The summed E-state index contributed by atoms with van der Waals surface area (Å²) < 4.78 is 33.7. The molecule has 2 aliphatic rings. The van der Waals surface area contributed by atoms with Gasteiger partial charge in [-0.25, -0.2) is 8.42 Å².